The van der Waals surface area contributed by atoms with Gasteiger partial charge in [0.1, 0.15) is 17.6 Å². The number of nitrogens with one attached hydrogen (secondary N) is 1. The summed E-state index contributed by atoms with van der Waals surface area (Å²) in [5.74, 6) is -0.377. The highest BCUT2D eigenvalue weighted by Crippen LogP contribution is 2.16. The summed E-state index contributed by atoms with van der Waals surface area (Å²) in [6.45, 7) is 0.182. The topological polar surface area (TPSA) is 85.7 Å². The second kappa shape index (κ2) is 5.20. The molecule has 2 aromatic heterocycles. The van der Waals surface area contributed by atoms with Crippen LogP contribution in [0.2, 0.25) is 0 Å². The summed E-state index contributed by atoms with van der Waals surface area (Å²) in [6.07, 6.45) is 1.72. The predicted molar refractivity (Wildman–Crippen MR) is 83.7 cm³/mol. The Labute approximate surface area is 130 Å². The minimum absolute atomic E-state index is 0.182. The number of aromatic nitrogens is 5. The van der Waals surface area contributed by atoms with Crippen LogP contribution >= 0.6 is 0 Å². The Kier molecular flexibility index (Phi) is 3.04. The van der Waals surface area contributed by atoms with E-state index in [9.17, 15) is 4.79 Å². The summed E-state index contributed by atoms with van der Waals surface area (Å²) in [6, 6.07) is 10.9. The fourth-order valence-electron chi connectivity index (χ4n) is 2.47. The molecule has 0 amide bonds. The van der Waals surface area contributed by atoms with Gasteiger partial charge >= 0.3 is 5.97 Å². The van der Waals surface area contributed by atoms with Gasteiger partial charge in [0.25, 0.3) is 0 Å². The molecule has 0 saturated carbocycles. The Morgan fingerprint density at radius 1 is 1.13 bits per heavy atom. The fraction of sp³-hybridized carbons (Fsp3) is 0.125. The fourth-order valence-corrected chi connectivity index (χ4v) is 2.47. The molecule has 0 unspecified atom stereocenters. The third-order valence-electron chi connectivity index (χ3n) is 3.71. The van der Waals surface area contributed by atoms with E-state index in [1.165, 1.54) is 0 Å². The molecule has 0 fully saturated rings. The van der Waals surface area contributed by atoms with Gasteiger partial charge in [-0.1, -0.05) is 6.07 Å². The molecular weight excluding hydrogens is 294 g/mol. The largest absolute Gasteiger partial charge is 0.457 e. The number of aryl methyl sites for hydroxylation is 1. The maximum absolute atomic E-state index is 12.2. The van der Waals surface area contributed by atoms with Gasteiger partial charge in [-0.05, 0) is 35.9 Å². The Hall–Kier alpha value is -3.22. The average molecular weight is 307 g/mol. The van der Waals surface area contributed by atoms with Crippen LogP contribution in [0, 0.1) is 0 Å². The lowest BCUT2D eigenvalue weighted by molar-refractivity contribution is 0.0473. The van der Waals surface area contributed by atoms with Crippen LogP contribution in [0.15, 0.2) is 42.7 Å². The zero-order valence-electron chi connectivity index (χ0n) is 12.4. The lowest BCUT2D eigenvalue weighted by Gasteiger charge is -2.05. The molecule has 0 aliphatic carbocycles. The first-order valence-electron chi connectivity index (χ1n) is 7.08. The van der Waals surface area contributed by atoms with Crippen LogP contribution in [-0.2, 0) is 18.4 Å². The number of fused-ring (bicyclic) bond motifs is 2. The van der Waals surface area contributed by atoms with Crippen molar-refractivity contribution in [2.75, 3.05) is 0 Å². The number of hydrogen-bond acceptors (Lipinski definition) is 5. The SMILES string of the molecule is Cn1cnc2cc(C(=O)OCc3ccc4n[nH]nc4c3)ccc21. The van der Waals surface area contributed by atoms with Crippen molar-refractivity contribution in [1.82, 2.24) is 25.0 Å². The van der Waals surface area contributed by atoms with Crippen LogP contribution in [0.5, 0.6) is 0 Å². The Balaban J connectivity index is 1.51. The number of esters is 1. The smallest absolute Gasteiger partial charge is 0.338 e. The summed E-state index contributed by atoms with van der Waals surface area (Å²) >= 11 is 0. The molecule has 0 spiro atoms. The minimum Gasteiger partial charge on any atom is -0.457 e. The van der Waals surface area contributed by atoms with Crippen molar-refractivity contribution in [2.45, 2.75) is 6.61 Å². The highest BCUT2D eigenvalue weighted by molar-refractivity contribution is 5.93. The van der Waals surface area contributed by atoms with E-state index >= 15 is 0 Å². The van der Waals surface area contributed by atoms with Crippen LogP contribution < -0.4 is 0 Å². The Morgan fingerprint density at radius 2 is 2.00 bits per heavy atom. The standard InChI is InChI=1S/C16H13N5O2/c1-21-9-17-14-7-11(3-5-15(14)21)16(22)23-8-10-2-4-12-13(6-10)19-20-18-12/h2-7,9H,8H2,1H3,(H,18,19,20). The zero-order valence-corrected chi connectivity index (χ0v) is 12.4. The third kappa shape index (κ3) is 2.42. The van der Waals surface area contributed by atoms with E-state index in [0.717, 1.165) is 27.6 Å². The molecule has 0 saturated heterocycles. The molecule has 4 rings (SSSR count). The van der Waals surface area contributed by atoms with Gasteiger partial charge in [-0.3, -0.25) is 0 Å². The van der Waals surface area contributed by atoms with E-state index < -0.39 is 0 Å². The van der Waals surface area contributed by atoms with Crippen molar-refractivity contribution >= 4 is 28.0 Å². The van der Waals surface area contributed by atoms with Crippen LogP contribution in [0.1, 0.15) is 15.9 Å². The molecule has 1 N–H and O–H groups in total. The van der Waals surface area contributed by atoms with Gasteiger partial charge < -0.3 is 9.30 Å². The second-order valence-electron chi connectivity index (χ2n) is 5.28. The molecule has 23 heavy (non-hydrogen) atoms. The molecule has 0 aliphatic rings. The number of imidazole rings is 1. The van der Waals surface area contributed by atoms with E-state index in [-0.39, 0.29) is 12.6 Å². The van der Waals surface area contributed by atoms with Gasteiger partial charge in [-0.25, -0.2) is 9.78 Å². The number of nitrogens with zero attached hydrogens (tertiary/aromatic N) is 4. The Morgan fingerprint density at radius 3 is 2.91 bits per heavy atom. The normalized spacial score (nSPS) is 11.2. The van der Waals surface area contributed by atoms with Crippen molar-refractivity contribution in [3.8, 4) is 0 Å². The van der Waals surface area contributed by atoms with Gasteiger partial charge in [-0.15, -0.1) is 0 Å². The molecule has 7 nitrogen and oxygen atoms in total. The molecular formula is C16H13N5O2. The van der Waals surface area contributed by atoms with Gasteiger partial charge in [-0.2, -0.15) is 15.4 Å². The summed E-state index contributed by atoms with van der Waals surface area (Å²) in [4.78, 5) is 16.4. The number of carbonyl (C=O) groups is 1. The monoisotopic (exact) mass is 307 g/mol. The maximum Gasteiger partial charge on any atom is 0.338 e. The van der Waals surface area contributed by atoms with Crippen LogP contribution in [0.3, 0.4) is 0 Å². The van der Waals surface area contributed by atoms with Crippen molar-refractivity contribution in [2.24, 2.45) is 7.05 Å². The lowest BCUT2D eigenvalue weighted by atomic mass is 10.2. The molecule has 2 heterocycles. The molecule has 114 valence electrons. The Bertz CT molecular complexity index is 1020. The van der Waals surface area contributed by atoms with Gasteiger partial charge in [0, 0.05) is 7.05 Å². The van der Waals surface area contributed by atoms with E-state index in [4.69, 9.17) is 4.74 Å². The van der Waals surface area contributed by atoms with Crippen LogP contribution in [0.4, 0.5) is 0 Å². The van der Waals surface area contributed by atoms with Gasteiger partial charge in [0.05, 0.1) is 22.9 Å². The number of benzene rings is 2. The van der Waals surface area contributed by atoms with Crippen molar-refractivity contribution < 1.29 is 9.53 Å². The number of ether oxygens (including phenoxy) is 1. The van der Waals surface area contributed by atoms with Crippen LogP contribution in [0.25, 0.3) is 22.1 Å². The number of hydrogen-bond donors (Lipinski definition) is 1. The quantitative estimate of drug-likeness (QED) is 0.586. The summed E-state index contributed by atoms with van der Waals surface area (Å²) < 4.78 is 7.26. The number of aromatic amines is 1. The van der Waals surface area contributed by atoms with Gasteiger partial charge in [0.15, 0.2) is 0 Å². The first kappa shape index (κ1) is 13.4. The second-order valence-corrected chi connectivity index (χ2v) is 5.28. The lowest BCUT2D eigenvalue weighted by Crippen LogP contribution is -2.05. The summed E-state index contributed by atoms with van der Waals surface area (Å²) in [5.41, 5.74) is 4.61. The van der Waals surface area contributed by atoms with Crippen LogP contribution in [-0.4, -0.2) is 30.9 Å². The molecule has 7 heteroatoms. The molecule has 0 aliphatic heterocycles. The molecule has 0 bridgehead atoms. The van der Waals surface area contributed by atoms with Gasteiger partial charge in [0.2, 0.25) is 0 Å². The third-order valence-corrected chi connectivity index (χ3v) is 3.71. The van der Waals surface area contributed by atoms with Crippen molar-refractivity contribution in [3.05, 3.63) is 53.9 Å². The molecule has 4 aromatic rings. The molecule has 2 aromatic carbocycles. The van der Waals surface area contributed by atoms with Crippen molar-refractivity contribution in [1.29, 1.82) is 0 Å². The molecule has 0 radical (unpaired) electrons. The first-order chi connectivity index (χ1) is 11.2. The highest BCUT2D eigenvalue weighted by Gasteiger charge is 2.10. The average Bonchev–Trinajstić information content (AvgIpc) is 3.18. The molecule has 0 atom stereocenters. The number of carbonyl (C=O) groups excluding carboxylic acids is 1. The predicted octanol–water partition coefficient (Wildman–Crippen LogP) is 2.20. The summed E-state index contributed by atoms with van der Waals surface area (Å²) in [5, 5.41) is 10.6. The number of H-pyrrole nitrogens is 1. The van der Waals surface area contributed by atoms with E-state index in [2.05, 4.69) is 20.4 Å². The summed E-state index contributed by atoms with van der Waals surface area (Å²) in [7, 11) is 1.91. The maximum atomic E-state index is 12.2. The highest BCUT2D eigenvalue weighted by atomic mass is 16.5. The first-order valence-corrected chi connectivity index (χ1v) is 7.08. The van der Waals surface area contributed by atoms with Crippen molar-refractivity contribution in [3.63, 3.8) is 0 Å². The van der Waals surface area contributed by atoms with E-state index in [1.807, 2.05) is 35.9 Å². The number of rotatable bonds is 3. The minimum atomic E-state index is -0.377. The van der Waals surface area contributed by atoms with E-state index in [1.54, 1.807) is 18.5 Å². The zero-order chi connectivity index (χ0) is 15.8. The van der Waals surface area contributed by atoms with E-state index in [0.29, 0.717) is 5.56 Å².